The second-order valence-electron chi connectivity index (χ2n) is 7.97. The van der Waals surface area contributed by atoms with Crippen LogP contribution in [0.25, 0.3) is 0 Å². The zero-order chi connectivity index (χ0) is 22.2. The van der Waals surface area contributed by atoms with Crippen LogP contribution in [0.5, 0.6) is 5.75 Å². The van der Waals surface area contributed by atoms with E-state index in [1.54, 1.807) is 18.0 Å². The number of sulfonamides is 1. The highest BCUT2D eigenvalue weighted by Gasteiger charge is 2.31. The molecular formula is C22H26ClN3O4S. The third-order valence-corrected chi connectivity index (χ3v) is 7.50. The van der Waals surface area contributed by atoms with Crippen LogP contribution in [0, 0.1) is 0 Å². The van der Waals surface area contributed by atoms with Gasteiger partial charge in [-0.3, -0.25) is 4.79 Å². The van der Waals surface area contributed by atoms with E-state index in [9.17, 15) is 13.2 Å². The van der Waals surface area contributed by atoms with Crippen molar-refractivity contribution < 1.29 is 17.9 Å². The Morgan fingerprint density at radius 3 is 2.71 bits per heavy atom. The number of para-hydroxylation sites is 2. The number of anilines is 1. The lowest BCUT2D eigenvalue weighted by atomic mass is 10.1. The van der Waals surface area contributed by atoms with E-state index in [1.807, 2.05) is 24.3 Å². The lowest BCUT2D eigenvalue weighted by Gasteiger charge is -2.37. The van der Waals surface area contributed by atoms with Gasteiger partial charge in [-0.05, 0) is 50.1 Å². The van der Waals surface area contributed by atoms with Crippen molar-refractivity contribution in [3.63, 3.8) is 0 Å². The molecule has 0 bridgehead atoms. The first-order valence-electron chi connectivity index (χ1n) is 10.4. The molecule has 1 aliphatic heterocycles. The first kappa shape index (κ1) is 21.9. The molecule has 2 aromatic carbocycles. The molecule has 166 valence electrons. The first-order chi connectivity index (χ1) is 14.8. The van der Waals surface area contributed by atoms with Gasteiger partial charge in [-0.1, -0.05) is 23.7 Å². The van der Waals surface area contributed by atoms with Gasteiger partial charge >= 0.3 is 0 Å². The van der Waals surface area contributed by atoms with Gasteiger partial charge in [0.1, 0.15) is 16.7 Å². The zero-order valence-electron chi connectivity index (χ0n) is 17.5. The van der Waals surface area contributed by atoms with Crippen molar-refractivity contribution >= 4 is 33.2 Å². The average molecular weight is 464 g/mol. The molecule has 1 aliphatic carbocycles. The van der Waals surface area contributed by atoms with E-state index in [-0.39, 0.29) is 33.5 Å². The molecule has 9 heteroatoms. The number of carbonyl (C=O) groups excluding carboxylic acids is 1. The Bertz CT molecular complexity index is 1090. The van der Waals surface area contributed by atoms with E-state index in [0.717, 1.165) is 30.8 Å². The lowest BCUT2D eigenvalue weighted by molar-refractivity contribution is 0.0709. The van der Waals surface area contributed by atoms with Crippen LogP contribution in [0.1, 0.15) is 30.1 Å². The fourth-order valence-electron chi connectivity index (χ4n) is 3.71. The van der Waals surface area contributed by atoms with Gasteiger partial charge in [0.15, 0.2) is 0 Å². The fraction of sp³-hybridized carbons (Fsp3) is 0.409. The summed E-state index contributed by atoms with van der Waals surface area (Å²) in [7, 11) is -2.08. The number of rotatable bonds is 7. The maximum atomic E-state index is 13.0. The summed E-state index contributed by atoms with van der Waals surface area (Å²) in [5, 5.41) is 0.0955. The normalized spacial score (nSPS) is 18.3. The number of nitrogens with one attached hydrogen (secondary N) is 1. The molecule has 2 aromatic rings. The molecule has 4 rings (SSSR count). The quantitative estimate of drug-likeness (QED) is 0.682. The van der Waals surface area contributed by atoms with Gasteiger partial charge < -0.3 is 14.5 Å². The predicted molar refractivity (Wildman–Crippen MR) is 121 cm³/mol. The number of amides is 1. The minimum absolute atomic E-state index is 0.0454. The van der Waals surface area contributed by atoms with Crippen LogP contribution < -0.4 is 14.4 Å². The van der Waals surface area contributed by atoms with Gasteiger partial charge in [-0.25, -0.2) is 13.1 Å². The van der Waals surface area contributed by atoms with Crippen LogP contribution in [-0.4, -0.2) is 58.1 Å². The summed E-state index contributed by atoms with van der Waals surface area (Å²) in [4.78, 5) is 16.7. The topological polar surface area (TPSA) is 79.0 Å². The highest BCUT2D eigenvalue weighted by molar-refractivity contribution is 7.89. The van der Waals surface area contributed by atoms with E-state index < -0.39 is 10.0 Å². The number of benzene rings is 2. The summed E-state index contributed by atoms with van der Waals surface area (Å²) in [6.45, 7) is 3.95. The van der Waals surface area contributed by atoms with Gasteiger partial charge in [0.2, 0.25) is 10.0 Å². The minimum Gasteiger partial charge on any atom is -0.485 e. The summed E-state index contributed by atoms with van der Waals surface area (Å²) in [6, 6.07) is 12.2. The Hall–Kier alpha value is -2.29. The summed E-state index contributed by atoms with van der Waals surface area (Å²) in [6.07, 6.45) is 1.44. The second-order valence-corrected chi connectivity index (χ2v) is 10.1. The van der Waals surface area contributed by atoms with Crippen molar-refractivity contribution in [2.75, 3.05) is 31.6 Å². The van der Waals surface area contributed by atoms with Gasteiger partial charge in [0, 0.05) is 25.2 Å². The third-order valence-electron chi connectivity index (χ3n) is 5.50. The van der Waals surface area contributed by atoms with Crippen LogP contribution in [0.15, 0.2) is 47.4 Å². The molecule has 0 spiro atoms. The molecular weight excluding hydrogens is 438 g/mol. The lowest BCUT2D eigenvalue weighted by Crippen LogP contribution is -2.46. The van der Waals surface area contributed by atoms with Crippen molar-refractivity contribution in [1.29, 1.82) is 0 Å². The molecule has 1 saturated carbocycles. The van der Waals surface area contributed by atoms with Crippen molar-refractivity contribution in [3.05, 3.63) is 53.1 Å². The highest BCUT2D eigenvalue weighted by atomic mass is 35.5. The van der Waals surface area contributed by atoms with Crippen molar-refractivity contribution in [2.45, 2.75) is 36.8 Å². The Morgan fingerprint density at radius 2 is 2.00 bits per heavy atom. The van der Waals surface area contributed by atoms with Crippen molar-refractivity contribution in [2.24, 2.45) is 0 Å². The minimum atomic E-state index is -3.76. The van der Waals surface area contributed by atoms with Crippen molar-refractivity contribution in [1.82, 2.24) is 9.62 Å². The summed E-state index contributed by atoms with van der Waals surface area (Å²) < 4.78 is 33.9. The smallest absolute Gasteiger partial charge is 0.253 e. The highest BCUT2D eigenvalue weighted by Crippen LogP contribution is 2.33. The Morgan fingerprint density at radius 1 is 1.26 bits per heavy atom. The molecule has 0 radical (unpaired) electrons. The maximum Gasteiger partial charge on any atom is 0.253 e. The van der Waals surface area contributed by atoms with Crippen LogP contribution >= 0.6 is 11.6 Å². The number of hydrogen-bond donors (Lipinski definition) is 1. The summed E-state index contributed by atoms with van der Waals surface area (Å²) >= 11 is 6.13. The number of halogens is 1. The number of fused-ring (bicyclic) bond motifs is 1. The molecule has 0 unspecified atom stereocenters. The third kappa shape index (κ3) is 4.81. The van der Waals surface area contributed by atoms with Gasteiger partial charge in [-0.15, -0.1) is 0 Å². The zero-order valence-corrected chi connectivity index (χ0v) is 19.1. The molecule has 1 atom stereocenters. The van der Waals surface area contributed by atoms with Gasteiger partial charge in [0.05, 0.1) is 23.8 Å². The van der Waals surface area contributed by atoms with Crippen molar-refractivity contribution in [3.8, 4) is 5.75 Å². The van der Waals surface area contributed by atoms with E-state index in [0.29, 0.717) is 13.1 Å². The molecule has 2 aliphatic rings. The fourth-order valence-corrected chi connectivity index (χ4v) is 5.54. The Kier molecular flexibility index (Phi) is 6.14. The largest absolute Gasteiger partial charge is 0.485 e. The molecule has 0 saturated heterocycles. The standard InChI is InChI=1S/C22H26ClN3O4S/c1-3-26-14-17(30-20-7-5-4-6-19(20)26)13-25(2)22(27)15-8-11-18(23)21(12-15)31(28,29)24-16-9-10-16/h4-8,11-12,16-17,24H,3,9-10,13-14H2,1-2H3/t17-/m1/s1. The Labute approximate surface area is 188 Å². The monoisotopic (exact) mass is 463 g/mol. The number of likely N-dealkylation sites (N-methyl/N-ethyl adjacent to an activating group) is 2. The molecule has 1 fully saturated rings. The number of hydrogen-bond acceptors (Lipinski definition) is 5. The SMILES string of the molecule is CCN1C[C@@H](CN(C)C(=O)c2ccc(Cl)c(S(=O)(=O)NC3CC3)c2)Oc2ccccc21. The van der Waals surface area contributed by atoms with E-state index >= 15 is 0 Å². The first-order valence-corrected chi connectivity index (χ1v) is 12.2. The van der Waals surface area contributed by atoms with E-state index in [4.69, 9.17) is 16.3 Å². The van der Waals surface area contributed by atoms with Gasteiger partial charge in [0.25, 0.3) is 5.91 Å². The molecule has 0 aromatic heterocycles. The second kappa shape index (κ2) is 8.68. The van der Waals surface area contributed by atoms with E-state index in [2.05, 4.69) is 16.5 Å². The molecule has 7 nitrogen and oxygen atoms in total. The van der Waals surface area contributed by atoms with E-state index in [1.165, 1.54) is 12.1 Å². The number of ether oxygens (including phenoxy) is 1. The summed E-state index contributed by atoms with van der Waals surface area (Å²) in [5.74, 6) is 0.512. The molecule has 1 N–H and O–H groups in total. The average Bonchev–Trinajstić information content (AvgIpc) is 3.56. The molecule has 1 heterocycles. The van der Waals surface area contributed by atoms with Crippen LogP contribution in [-0.2, 0) is 10.0 Å². The molecule has 1 amide bonds. The van der Waals surface area contributed by atoms with Crippen LogP contribution in [0.2, 0.25) is 5.02 Å². The number of carbonyl (C=O) groups is 1. The van der Waals surface area contributed by atoms with Gasteiger partial charge in [-0.2, -0.15) is 0 Å². The number of nitrogens with zero attached hydrogens (tertiary/aromatic N) is 2. The van der Waals surface area contributed by atoms with Crippen LogP contribution in [0.4, 0.5) is 5.69 Å². The summed E-state index contributed by atoms with van der Waals surface area (Å²) in [5.41, 5.74) is 1.32. The Balaban J connectivity index is 1.49. The van der Waals surface area contributed by atoms with Crippen LogP contribution in [0.3, 0.4) is 0 Å². The maximum absolute atomic E-state index is 13.0. The predicted octanol–water partition coefficient (Wildman–Crippen LogP) is 3.14. The molecule has 31 heavy (non-hydrogen) atoms.